The summed E-state index contributed by atoms with van der Waals surface area (Å²) in [5.41, 5.74) is 2.21. The fourth-order valence-electron chi connectivity index (χ4n) is 3.96. The topological polar surface area (TPSA) is 90.5 Å². The van der Waals surface area contributed by atoms with Gasteiger partial charge in [-0.25, -0.2) is 14.6 Å². The molecule has 1 aliphatic rings. The number of halogens is 1. The van der Waals surface area contributed by atoms with Gasteiger partial charge in [0.1, 0.15) is 12.1 Å². The van der Waals surface area contributed by atoms with Gasteiger partial charge in [-0.3, -0.25) is 4.79 Å². The Kier molecular flexibility index (Phi) is 4.71. The predicted molar refractivity (Wildman–Crippen MR) is 114 cm³/mol. The third kappa shape index (κ3) is 3.33. The number of aryl methyl sites for hydroxylation is 1. The van der Waals surface area contributed by atoms with Crippen LogP contribution in [0.3, 0.4) is 0 Å². The molecule has 1 N–H and O–H groups in total. The van der Waals surface area contributed by atoms with Crippen LogP contribution >= 0.6 is 11.6 Å². The van der Waals surface area contributed by atoms with Crippen molar-refractivity contribution in [3.05, 3.63) is 53.6 Å². The number of rotatable bonds is 4. The van der Waals surface area contributed by atoms with Crippen LogP contribution in [0.4, 0.5) is 5.82 Å². The number of carbonyl (C=O) groups is 1. The average molecular weight is 422 g/mol. The normalized spacial score (nSPS) is 14.5. The molecule has 152 valence electrons. The van der Waals surface area contributed by atoms with Crippen molar-refractivity contribution < 1.29 is 4.79 Å². The molecule has 1 fully saturated rings. The zero-order chi connectivity index (χ0) is 20.7. The van der Waals surface area contributed by atoms with E-state index in [1.807, 2.05) is 37.3 Å². The summed E-state index contributed by atoms with van der Waals surface area (Å²) in [5.74, 6) is 1.25. The second kappa shape index (κ2) is 7.53. The minimum Gasteiger partial charge on any atom is -0.310 e. The van der Waals surface area contributed by atoms with E-state index in [9.17, 15) is 4.79 Å². The van der Waals surface area contributed by atoms with Gasteiger partial charge >= 0.3 is 0 Å². The lowest BCUT2D eigenvalue weighted by Crippen LogP contribution is -2.22. The first-order valence-electron chi connectivity index (χ1n) is 9.93. The third-order valence-corrected chi connectivity index (χ3v) is 5.64. The van der Waals surface area contributed by atoms with E-state index in [0.717, 1.165) is 42.5 Å². The summed E-state index contributed by atoms with van der Waals surface area (Å²) in [6.07, 6.45) is 7.24. The molecule has 1 saturated carbocycles. The molecule has 1 amide bonds. The predicted octanol–water partition coefficient (Wildman–Crippen LogP) is 4.09. The van der Waals surface area contributed by atoms with Crippen molar-refractivity contribution in [1.29, 1.82) is 0 Å². The number of nitrogens with one attached hydrogen (secondary N) is 1. The Labute approximate surface area is 177 Å². The van der Waals surface area contributed by atoms with Gasteiger partial charge in [-0.15, -0.1) is 0 Å². The lowest BCUT2D eigenvalue weighted by molar-refractivity contribution is -0.119. The van der Waals surface area contributed by atoms with Crippen LogP contribution < -0.4 is 5.32 Å². The Hall–Kier alpha value is -3.26. The van der Waals surface area contributed by atoms with Crippen molar-refractivity contribution in [2.24, 2.45) is 5.92 Å². The highest BCUT2D eigenvalue weighted by molar-refractivity contribution is 6.30. The second-order valence-electron chi connectivity index (χ2n) is 7.52. The van der Waals surface area contributed by atoms with E-state index in [1.165, 1.54) is 6.33 Å². The maximum atomic E-state index is 12.7. The van der Waals surface area contributed by atoms with Gasteiger partial charge in [0.15, 0.2) is 11.5 Å². The summed E-state index contributed by atoms with van der Waals surface area (Å²) in [7, 11) is 0. The highest BCUT2D eigenvalue weighted by Gasteiger charge is 2.24. The summed E-state index contributed by atoms with van der Waals surface area (Å²) < 4.78 is 3.36. The van der Waals surface area contributed by atoms with E-state index in [2.05, 4.69) is 25.5 Å². The minimum atomic E-state index is 0.0357. The highest BCUT2D eigenvalue weighted by atomic mass is 35.5. The van der Waals surface area contributed by atoms with Gasteiger partial charge in [-0.05, 0) is 38.0 Å². The molecule has 0 atom stereocenters. The molecule has 0 bridgehead atoms. The van der Waals surface area contributed by atoms with Gasteiger partial charge in [-0.2, -0.15) is 14.9 Å². The van der Waals surface area contributed by atoms with Crippen LogP contribution in [0, 0.1) is 12.8 Å². The minimum absolute atomic E-state index is 0.0357. The summed E-state index contributed by atoms with van der Waals surface area (Å²) in [5, 5.41) is 13.4. The number of hydrogen-bond acceptors (Lipinski definition) is 5. The van der Waals surface area contributed by atoms with Crippen LogP contribution in [-0.4, -0.2) is 35.4 Å². The number of aromatic nitrogens is 6. The molecule has 0 aliphatic heterocycles. The van der Waals surface area contributed by atoms with E-state index >= 15 is 0 Å². The van der Waals surface area contributed by atoms with Gasteiger partial charge in [0, 0.05) is 17.0 Å². The van der Waals surface area contributed by atoms with Gasteiger partial charge in [0.25, 0.3) is 0 Å². The van der Waals surface area contributed by atoms with Crippen molar-refractivity contribution in [1.82, 2.24) is 29.5 Å². The van der Waals surface area contributed by atoms with E-state index in [1.54, 1.807) is 15.6 Å². The molecule has 0 unspecified atom stereocenters. The lowest BCUT2D eigenvalue weighted by Gasteiger charge is -2.12. The van der Waals surface area contributed by atoms with Crippen molar-refractivity contribution in [3.8, 4) is 11.5 Å². The maximum absolute atomic E-state index is 12.7. The van der Waals surface area contributed by atoms with Crippen molar-refractivity contribution in [3.63, 3.8) is 0 Å². The zero-order valence-electron chi connectivity index (χ0n) is 16.4. The maximum Gasteiger partial charge on any atom is 0.228 e. The Morgan fingerprint density at radius 1 is 1.17 bits per heavy atom. The van der Waals surface area contributed by atoms with E-state index in [0.29, 0.717) is 22.3 Å². The molecule has 3 aromatic heterocycles. The van der Waals surface area contributed by atoms with Crippen LogP contribution in [0.25, 0.3) is 22.5 Å². The standard InChI is InChI=1S/C21H20ClN7O/c1-13-9-18(26-21(30)14-5-2-3-6-14)29(27-13)20-17-11-25-28(19(17)23-12-24-20)16-8-4-7-15(22)10-16/h4,7-12,14H,2-3,5-6H2,1H3,(H,26,30). The summed E-state index contributed by atoms with van der Waals surface area (Å²) >= 11 is 6.14. The van der Waals surface area contributed by atoms with Crippen molar-refractivity contribution in [2.75, 3.05) is 5.32 Å². The lowest BCUT2D eigenvalue weighted by atomic mass is 10.1. The fourth-order valence-corrected chi connectivity index (χ4v) is 4.15. The number of fused-ring (bicyclic) bond motifs is 1. The Morgan fingerprint density at radius 2 is 2.00 bits per heavy atom. The smallest absolute Gasteiger partial charge is 0.228 e. The van der Waals surface area contributed by atoms with E-state index in [4.69, 9.17) is 11.6 Å². The van der Waals surface area contributed by atoms with E-state index < -0.39 is 0 Å². The molecule has 30 heavy (non-hydrogen) atoms. The van der Waals surface area contributed by atoms with Crippen molar-refractivity contribution >= 4 is 34.4 Å². The first-order valence-corrected chi connectivity index (χ1v) is 10.3. The van der Waals surface area contributed by atoms with E-state index in [-0.39, 0.29) is 11.8 Å². The summed E-state index contributed by atoms with van der Waals surface area (Å²) in [4.78, 5) is 21.5. The fraction of sp³-hybridized carbons (Fsp3) is 0.286. The Morgan fingerprint density at radius 3 is 2.80 bits per heavy atom. The number of amides is 1. The summed E-state index contributed by atoms with van der Waals surface area (Å²) in [6, 6.07) is 9.25. The SMILES string of the molecule is Cc1cc(NC(=O)C2CCCC2)n(-c2ncnc3c2cnn3-c2cccc(Cl)c2)n1. The average Bonchev–Trinajstić information content (AvgIpc) is 3.47. The summed E-state index contributed by atoms with van der Waals surface area (Å²) in [6.45, 7) is 1.88. The quantitative estimate of drug-likeness (QED) is 0.536. The monoisotopic (exact) mass is 421 g/mol. The third-order valence-electron chi connectivity index (χ3n) is 5.41. The molecule has 1 aromatic carbocycles. The molecule has 8 nitrogen and oxygen atoms in total. The number of anilines is 1. The molecule has 0 radical (unpaired) electrons. The molecule has 9 heteroatoms. The molecule has 4 aromatic rings. The number of carbonyl (C=O) groups excluding carboxylic acids is 1. The first-order chi connectivity index (χ1) is 14.6. The van der Waals surface area contributed by atoms with Crippen LogP contribution in [0.5, 0.6) is 0 Å². The molecular weight excluding hydrogens is 402 g/mol. The van der Waals surface area contributed by atoms with Gasteiger partial charge in [0.2, 0.25) is 5.91 Å². The molecule has 0 spiro atoms. The molecule has 3 heterocycles. The second-order valence-corrected chi connectivity index (χ2v) is 7.96. The number of nitrogens with zero attached hydrogens (tertiary/aromatic N) is 6. The van der Waals surface area contributed by atoms with Gasteiger partial charge < -0.3 is 5.32 Å². The van der Waals surface area contributed by atoms with Crippen LogP contribution in [0.15, 0.2) is 42.9 Å². The number of hydrogen-bond donors (Lipinski definition) is 1. The molecular formula is C21H20ClN7O. The van der Waals surface area contributed by atoms with Gasteiger partial charge in [-0.1, -0.05) is 30.5 Å². The molecule has 5 rings (SSSR count). The first kappa shape index (κ1) is 18.7. The molecule has 1 aliphatic carbocycles. The van der Waals surface area contributed by atoms with Crippen molar-refractivity contribution in [2.45, 2.75) is 32.6 Å². The Bertz CT molecular complexity index is 1240. The number of benzene rings is 1. The zero-order valence-corrected chi connectivity index (χ0v) is 17.2. The van der Waals surface area contributed by atoms with Crippen LogP contribution in [-0.2, 0) is 4.79 Å². The largest absolute Gasteiger partial charge is 0.310 e. The van der Waals surface area contributed by atoms with Gasteiger partial charge in [0.05, 0.1) is 23.0 Å². The highest BCUT2D eigenvalue weighted by Crippen LogP contribution is 2.28. The Balaban J connectivity index is 1.56. The van der Waals surface area contributed by atoms with Crippen LogP contribution in [0.2, 0.25) is 5.02 Å². The molecule has 0 saturated heterocycles. The van der Waals surface area contributed by atoms with Crippen LogP contribution in [0.1, 0.15) is 31.4 Å².